The molecule has 2 unspecified atom stereocenters. The number of hydrogen-bond donors (Lipinski definition) is 1. The van der Waals surface area contributed by atoms with E-state index in [-0.39, 0.29) is 48.1 Å². The lowest BCUT2D eigenvalue weighted by Crippen LogP contribution is -2.38. The van der Waals surface area contributed by atoms with Crippen molar-refractivity contribution in [3.05, 3.63) is 61.2 Å². The molecule has 40 heavy (non-hydrogen) atoms. The van der Waals surface area contributed by atoms with Crippen LogP contribution in [-0.4, -0.2) is 87.4 Å². The molecular weight excluding hydrogens is 538 g/mol. The maximum absolute atomic E-state index is 16.2. The largest absolute Gasteiger partial charge is 0.394 e. The highest BCUT2D eigenvalue weighted by atomic mass is 31.2. The number of aliphatic hydroxyl groups excluding tert-OH is 1. The van der Waals surface area contributed by atoms with Gasteiger partial charge in [0.05, 0.1) is 12.9 Å². The summed E-state index contributed by atoms with van der Waals surface area (Å²) in [5.74, 6) is -0.0448. The van der Waals surface area contributed by atoms with E-state index in [1.807, 2.05) is 38.4 Å². The molecule has 1 saturated heterocycles. The predicted molar refractivity (Wildman–Crippen MR) is 150 cm³/mol. The molecule has 216 valence electrons. The number of carbonyl (C=O) groups is 1. The number of imidazole rings is 1. The summed E-state index contributed by atoms with van der Waals surface area (Å²) in [7, 11) is -0.121. The SMILES string of the molecule is [2H]OC[C@H]1OC(n2cnc3c(N(CC=C)C(=O)c4ccccc4)ncnc32)[C@H](F)[C@@H]1OP(OC)N(C(C)C)C(C)C. The monoisotopic (exact) mass is 575 g/mol. The van der Waals surface area contributed by atoms with E-state index in [4.69, 9.17) is 15.2 Å². The molecule has 0 spiro atoms. The van der Waals surface area contributed by atoms with Crippen molar-refractivity contribution in [2.24, 2.45) is 0 Å². The average Bonchev–Trinajstić information content (AvgIpc) is 3.52. The molecule has 1 aromatic carbocycles. The number of halogens is 1. The maximum Gasteiger partial charge on any atom is 0.259 e. The van der Waals surface area contributed by atoms with Crippen LogP contribution in [0.2, 0.25) is 0 Å². The highest BCUT2D eigenvalue weighted by Gasteiger charge is 2.49. The predicted octanol–water partition coefficient (Wildman–Crippen LogP) is 4.26. The number of anilines is 1. The first-order valence-corrected chi connectivity index (χ1v) is 14.2. The summed E-state index contributed by atoms with van der Waals surface area (Å²) >= 11 is 0. The number of fused-ring (bicyclic) bond motifs is 1. The molecular formula is C27H36FN6O5P. The van der Waals surface area contributed by atoms with Crippen LogP contribution in [0.3, 0.4) is 0 Å². The van der Waals surface area contributed by atoms with E-state index in [0.717, 1.165) is 0 Å². The molecule has 1 amide bonds. The Labute approximate surface area is 236 Å². The molecule has 1 N–H and O–H groups in total. The summed E-state index contributed by atoms with van der Waals surface area (Å²) < 4.78 is 44.9. The van der Waals surface area contributed by atoms with Gasteiger partial charge in [0.25, 0.3) is 14.4 Å². The minimum atomic E-state index is -1.68. The lowest BCUT2D eigenvalue weighted by atomic mass is 10.1. The van der Waals surface area contributed by atoms with Gasteiger partial charge in [-0.05, 0) is 39.8 Å². The standard InChI is InChI=1S/C27H36FN6O5P/c1-7-13-32(26(36)19-11-9-8-10-12-19)24-22-25(30-15-29-24)33(16-31-22)27-21(28)23(20(14-35)38-27)39-40(37-6)34(17(2)3)18(4)5/h7-12,15-18,20-21,23,27,35H,1,13-14H2,2-6H3/t20-,21-,23-,27?,40?/m1/s1/i35D. The number of carbonyl (C=O) groups excluding carboxylic acids is 1. The van der Waals surface area contributed by atoms with Crippen molar-refractivity contribution in [3.8, 4) is 0 Å². The average molecular weight is 576 g/mol. The third-order valence-corrected chi connectivity index (χ3v) is 8.53. The topological polar surface area (TPSA) is 115 Å². The van der Waals surface area contributed by atoms with Crippen molar-refractivity contribution >= 4 is 31.4 Å². The number of aromatic nitrogens is 4. The molecule has 1 aliphatic rings. The summed E-state index contributed by atoms with van der Waals surface area (Å²) in [5, 5.41) is 4.60. The van der Waals surface area contributed by atoms with Crippen molar-refractivity contribution in [2.45, 2.75) is 64.4 Å². The van der Waals surface area contributed by atoms with Gasteiger partial charge in [-0.2, -0.15) is 0 Å². The highest BCUT2D eigenvalue weighted by molar-refractivity contribution is 7.44. The zero-order valence-corrected chi connectivity index (χ0v) is 24.1. The first-order chi connectivity index (χ1) is 19.7. The molecule has 0 saturated carbocycles. The van der Waals surface area contributed by atoms with E-state index in [1.165, 1.54) is 29.2 Å². The van der Waals surface area contributed by atoms with Gasteiger partial charge in [-0.3, -0.25) is 14.3 Å². The minimum Gasteiger partial charge on any atom is -0.394 e. The second kappa shape index (κ2) is 13.2. The zero-order chi connectivity index (χ0) is 29.7. The Kier molecular flexibility index (Phi) is 9.46. The lowest BCUT2D eigenvalue weighted by molar-refractivity contribution is -0.0443. The Bertz CT molecular complexity index is 1310. The number of aliphatic hydroxyl groups is 1. The number of alkyl halides is 1. The first-order valence-electron chi connectivity index (χ1n) is 13.5. The molecule has 3 heterocycles. The third kappa shape index (κ3) is 5.93. The fraction of sp³-hybridized carbons (Fsp3) is 0.481. The molecule has 0 radical (unpaired) electrons. The van der Waals surface area contributed by atoms with Gasteiger partial charge in [0.2, 0.25) is 1.43 Å². The van der Waals surface area contributed by atoms with Crippen molar-refractivity contribution in [1.82, 2.24) is 24.2 Å². The summed E-state index contributed by atoms with van der Waals surface area (Å²) in [5.41, 5.74) is 1.02. The van der Waals surface area contributed by atoms with Crippen LogP contribution in [-0.2, 0) is 13.8 Å². The van der Waals surface area contributed by atoms with Crippen LogP contribution in [0, 0.1) is 0 Å². The number of amides is 1. The van der Waals surface area contributed by atoms with Crippen molar-refractivity contribution in [3.63, 3.8) is 0 Å². The number of benzene rings is 1. The number of nitrogens with zero attached hydrogens (tertiary/aromatic N) is 6. The van der Waals surface area contributed by atoms with E-state index < -0.39 is 33.1 Å². The van der Waals surface area contributed by atoms with Crippen molar-refractivity contribution in [2.75, 3.05) is 25.2 Å². The molecule has 3 aromatic rings. The fourth-order valence-corrected chi connectivity index (χ4v) is 6.40. The molecule has 0 bridgehead atoms. The van der Waals surface area contributed by atoms with Crippen LogP contribution < -0.4 is 4.90 Å². The van der Waals surface area contributed by atoms with Gasteiger partial charge in [-0.15, -0.1) is 6.58 Å². The molecule has 1 aliphatic heterocycles. The molecule has 2 aromatic heterocycles. The normalized spacial score (nSPS) is 22.3. The molecule has 4 rings (SSSR count). The minimum absolute atomic E-state index is 0.0768. The quantitative estimate of drug-likeness (QED) is 0.236. The Morgan fingerprint density at radius 1 is 1.27 bits per heavy atom. The Balaban J connectivity index is 1.68. The zero-order valence-electron chi connectivity index (χ0n) is 24.3. The van der Waals surface area contributed by atoms with Gasteiger partial charge in [0.1, 0.15) is 18.5 Å². The highest BCUT2D eigenvalue weighted by Crippen LogP contribution is 2.50. The maximum atomic E-state index is 16.2. The smallest absolute Gasteiger partial charge is 0.259 e. The second-order valence-electron chi connectivity index (χ2n) is 9.83. The first kappa shape index (κ1) is 28.7. The second-order valence-corrected chi connectivity index (χ2v) is 11.3. The summed E-state index contributed by atoms with van der Waals surface area (Å²) in [6.45, 7) is 11.8. The summed E-state index contributed by atoms with van der Waals surface area (Å²) in [4.78, 5) is 27.9. The number of ether oxygens (including phenoxy) is 1. The Hall–Kier alpha value is -2.86. The van der Waals surface area contributed by atoms with E-state index >= 15 is 4.39 Å². The van der Waals surface area contributed by atoms with E-state index in [1.54, 1.807) is 30.3 Å². The molecule has 13 heteroatoms. The number of hydrogen-bond acceptors (Lipinski definition) is 9. The summed E-state index contributed by atoms with van der Waals surface area (Å²) in [6, 6.07) is 8.94. The van der Waals surface area contributed by atoms with Crippen LogP contribution in [0.1, 0.15) is 44.3 Å². The van der Waals surface area contributed by atoms with Crippen LogP contribution in [0.4, 0.5) is 10.2 Å². The van der Waals surface area contributed by atoms with Crippen molar-refractivity contribution in [1.29, 1.82) is 1.43 Å². The van der Waals surface area contributed by atoms with E-state index in [2.05, 4.69) is 26.6 Å². The van der Waals surface area contributed by atoms with Gasteiger partial charge in [-0.1, -0.05) is 24.3 Å². The van der Waals surface area contributed by atoms with Gasteiger partial charge in [-0.25, -0.2) is 24.0 Å². The van der Waals surface area contributed by atoms with Crippen LogP contribution in [0.15, 0.2) is 55.6 Å². The van der Waals surface area contributed by atoms with E-state index in [9.17, 15) is 4.79 Å². The van der Waals surface area contributed by atoms with Gasteiger partial charge < -0.3 is 18.9 Å². The third-order valence-electron chi connectivity index (χ3n) is 6.49. The fourth-order valence-electron chi connectivity index (χ4n) is 4.80. The molecule has 0 aliphatic carbocycles. The summed E-state index contributed by atoms with van der Waals surface area (Å²) in [6.07, 6.45) is -0.584. The molecule has 11 nitrogen and oxygen atoms in total. The molecule has 1 fully saturated rings. The van der Waals surface area contributed by atoms with Gasteiger partial charge in [0.15, 0.2) is 29.4 Å². The van der Waals surface area contributed by atoms with Crippen molar-refractivity contribution < 1.29 is 28.1 Å². The lowest BCUT2D eigenvalue weighted by Gasteiger charge is -2.36. The van der Waals surface area contributed by atoms with Crippen LogP contribution in [0.5, 0.6) is 0 Å². The number of rotatable bonds is 13. The van der Waals surface area contributed by atoms with Crippen LogP contribution in [0.25, 0.3) is 11.2 Å². The Morgan fingerprint density at radius 2 is 2.00 bits per heavy atom. The van der Waals surface area contributed by atoms with E-state index in [0.29, 0.717) is 5.56 Å². The van der Waals surface area contributed by atoms with Crippen LogP contribution >= 0.6 is 8.53 Å². The van der Waals surface area contributed by atoms with Gasteiger partial charge >= 0.3 is 0 Å². The Morgan fingerprint density at radius 3 is 2.62 bits per heavy atom. The van der Waals surface area contributed by atoms with Gasteiger partial charge in [0, 0.05) is 31.3 Å². The molecule has 5 atom stereocenters.